The van der Waals surface area contributed by atoms with Gasteiger partial charge in [0.15, 0.2) is 0 Å². The molecule has 0 aromatic heterocycles. The first-order chi connectivity index (χ1) is 10.1. The van der Waals surface area contributed by atoms with Crippen molar-refractivity contribution in [2.24, 2.45) is 0 Å². The predicted molar refractivity (Wildman–Crippen MR) is 83.1 cm³/mol. The number of carbonyl (C=O) groups is 1. The van der Waals surface area contributed by atoms with Gasteiger partial charge in [0, 0.05) is 17.3 Å². The fourth-order valence-electron chi connectivity index (χ4n) is 1.85. The van der Waals surface area contributed by atoms with Crippen molar-refractivity contribution in [3.63, 3.8) is 0 Å². The van der Waals surface area contributed by atoms with Crippen LogP contribution in [0.1, 0.15) is 5.56 Å². The molecule has 0 radical (unpaired) electrons. The lowest BCUT2D eigenvalue weighted by molar-refractivity contribution is -0.119. The third-order valence-electron chi connectivity index (χ3n) is 2.97. The summed E-state index contributed by atoms with van der Waals surface area (Å²) < 4.78 is 13.4. The van der Waals surface area contributed by atoms with Gasteiger partial charge in [-0.2, -0.15) is 0 Å². The van der Waals surface area contributed by atoms with Crippen LogP contribution in [-0.2, 0) is 11.2 Å². The van der Waals surface area contributed by atoms with E-state index in [1.54, 1.807) is 42.5 Å². The van der Waals surface area contributed by atoms with Crippen molar-refractivity contribution >= 4 is 23.2 Å². The second-order valence-electron chi connectivity index (χ2n) is 4.55. The first-order valence-electron chi connectivity index (χ1n) is 6.65. The minimum atomic E-state index is -0.244. The summed E-state index contributed by atoms with van der Waals surface area (Å²) in [4.78, 5) is 11.7. The maximum absolute atomic E-state index is 13.4. The van der Waals surface area contributed by atoms with E-state index in [0.29, 0.717) is 23.6 Å². The van der Waals surface area contributed by atoms with Crippen molar-refractivity contribution in [1.82, 2.24) is 5.32 Å². The Balaban J connectivity index is 1.70. The summed E-state index contributed by atoms with van der Waals surface area (Å²) in [6, 6.07) is 13.7. The molecule has 5 heteroatoms. The summed E-state index contributed by atoms with van der Waals surface area (Å²) in [5.74, 6) is -0.382. The summed E-state index contributed by atoms with van der Waals surface area (Å²) in [7, 11) is 0. The molecule has 2 N–H and O–H groups in total. The number of hydrogen-bond donors (Lipinski definition) is 2. The highest BCUT2D eigenvalue weighted by atomic mass is 35.5. The van der Waals surface area contributed by atoms with Gasteiger partial charge in [-0.15, -0.1) is 0 Å². The predicted octanol–water partition coefficient (Wildman–Crippen LogP) is 3.25. The van der Waals surface area contributed by atoms with Crippen molar-refractivity contribution < 1.29 is 9.18 Å². The van der Waals surface area contributed by atoms with E-state index in [1.165, 1.54) is 6.07 Å². The van der Waals surface area contributed by atoms with E-state index in [2.05, 4.69) is 10.6 Å². The van der Waals surface area contributed by atoms with E-state index >= 15 is 0 Å². The normalized spacial score (nSPS) is 10.2. The Hall–Kier alpha value is -2.07. The molecule has 2 rings (SSSR count). The Labute approximate surface area is 128 Å². The average molecular weight is 307 g/mol. The second-order valence-corrected chi connectivity index (χ2v) is 4.99. The van der Waals surface area contributed by atoms with E-state index < -0.39 is 0 Å². The van der Waals surface area contributed by atoms with Crippen LogP contribution in [-0.4, -0.2) is 19.0 Å². The van der Waals surface area contributed by atoms with Gasteiger partial charge in [-0.1, -0.05) is 29.8 Å². The molecule has 0 atom stereocenters. The van der Waals surface area contributed by atoms with Crippen molar-refractivity contribution in [3.05, 3.63) is 64.9 Å². The topological polar surface area (TPSA) is 41.1 Å². The average Bonchev–Trinajstić information content (AvgIpc) is 2.49. The van der Waals surface area contributed by atoms with Crippen LogP contribution in [0.4, 0.5) is 10.1 Å². The number of amides is 1. The van der Waals surface area contributed by atoms with Gasteiger partial charge in [0.25, 0.3) is 0 Å². The number of carbonyl (C=O) groups excluding carboxylic acids is 1. The van der Waals surface area contributed by atoms with Crippen LogP contribution in [0.2, 0.25) is 5.02 Å². The molecule has 0 heterocycles. The van der Waals surface area contributed by atoms with Crippen LogP contribution in [0.15, 0.2) is 48.5 Å². The SMILES string of the molecule is O=C(CNc1ccc(Cl)cc1)NCCc1ccccc1F. The molecule has 2 aromatic carbocycles. The van der Waals surface area contributed by atoms with Crippen LogP contribution in [0.5, 0.6) is 0 Å². The second kappa shape index (κ2) is 7.64. The molecule has 0 aliphatic heterocycles. The first kappa shape index (κ1) is 15.3. The zero-order valence-electron chi connectivity index (χ0n) is 11.4. The quantitative estimate of drug-likeness (QED) is 0.860. The first-order valence-corrected chi connectivity index (χ1v) is 7.02. The number of benzene rings is 2. The molecule has 0 aliphatic rings. The number of halogens is 2. The zero-order chi connectivity index (χ0) is 15.1. The van der Waals surface area contributed by atoms with Gasteiger partial charge in [-0.05, 0) is 42.3 Å². The fraction of sp³-hybridized carbons (Fsp3) is 0.188. The third kappa shape index (κ3) is 5.08. The summed E-state index contributed by atoms with van der Waals surface area (Å²) in [5, 5.41) is 6.38. The molecule has 0 bridgehead atoms. The summed E-state index contributed by atoms with van der Waals surface area (Å²) in [6.45, 7) is 0.570. The Bertz CT molecular complexity index is 601. The molecule has 3 nitrogen and oxygen atoms in total. The number of anilines is 1. The Kier molecular flexibility index (Phi) is 5.58. The van der Waals surface area contributed by atoms with E-state index in [9.17, 15) is 9.18 Å². The standard InChI is InChI=1S/C16H16ClFN2O/c17-13-5-7-14(8-6-13)20-11-16(21)19-10-9-12-3-1-2-4-15(12)18/h1-8,20H,9-11H2,(H,19,21). The molecule has 21 heavy (non-hydrogen) atoms. The molecule has 1 amide bonds. The van der Waals surface area contributed by atoms with E-state index in [-0.39, 0.29) is 18.3 Å². The molecule has 0 saturated carbocycles. The Morgan fingerprint density at radius 1 is 1.10 bits per heavy atom. The highest BCUT2D eigenvalue weighted by Gasteiger charge is 2.03. The lowest BCUT2D eigenvalue weighted by atomic mass is 10.1. The third-order valence-corrected chi connectivity index (χ3v) is 3.22. The summed E-state index contributed by atoms with van der Waals surface area (Å²) >= 11 is 5.78. The molecule has 0 saturated heterocycles. The van der Waals surface area contributed by atoms with Crippen LogP contribution in [0.3, 0.4) is 0 Å². The van der Waals surface area contributed by atoms with Crippen LogP contribution < -0.4 is 10.6 Å². The minimum Gasteiger partial charge on any atom is -0.376 e. The van der Waals surface area contributed by atoms with E-state index in [1.807, 2.05) is 0 Å². The van der Waals surface area contributed by atoms with Crippen molar-refractivity contribution in [3.8, 4) is 0 Å². The van der Waals surface area contributed by atoms with E-state index in [4.69, 9.17) is 11.6 Å². The van der Waals surface area contributed by atoms with Gasteiger partial charge in [0.2, 0.25) is 5.91 Å². The van der Waals surface area contributed by atoms with Gasteiger partial charge in [-0.3, -0.25) is 4.79 Å². The Morgan fingerprint density at radius 3 is 2.52 bits per heavy atom. The van der Waals surface area contributed by atoms with Gasteiger partial charge >= 0.3 is 0 Å². The zero-order valence-corrected chi connectivity index (χ0v) is 12.2. The maximum Gasteiger partial charge on any atom is 0.239 e. The van der Waals surface area contributed by atoms with Crippen molar-refractivity contribution in [1.29, 1.82) is 0 Å². The highest BCUT2D eigenvalue weighted by molar-refractivity contribution is 6.30. The van der Waals surface area contributed by atoms with Gasteiger partial charge in [0.05, 0.1) is 6.54 Å². The highest BCUT2D eigenvalue weighted by Crippen LogP contribution is 2.12. The molecule has 0 unspecified atom stereocenters. The van der Waals surface area contributed by atoms with Gasteiger partial charge < -0.3 is 10.6 Å². The summed E-state index contributed by atoms with van der Waals surface area (Å²) in [6.07, 6.45) is 0.472. The number of nitrogens with one attached hydrogen (secondary N) is 2. The molecule has 0 aliphatic carbocycles. The lowest BCUT2D eigenvalue weighted by Crippen LogP contribution is -2.31. The molecular weight excluding hydrogens is 291 g/mol. The van der Waals surface area contributed by atoms with Crippen LogP contribution >= 0.6 is 11.6 Å². The maximum atomic E-state index is 13.4. The van der Waals surface area contributed by atoms with Crippen molar-refractivity contribution in [2.45, 2.75) is 6.42 Å². The molecule has 110 valence electrons. The van der Waals surface area contributed by atoms with Gasteiger partial charge in [-0.25, -0.2) is 4.39 Å². The number of rotatable bonds is 6. The van der Waals surface area contributed by atoms with Gasteiger partial charge in [0.1, 0.15) is 5.82 Å². The Morgan fingerprint density at radius 2 is 1.81 bits per heavy atom. The molecular formula is C16H16ClFN2O. The largest absolute Gasteiger partial charge is 0.376 e. The fourth-order valence-corrected chi connectivity index (χ4v) is 1.98. The monoisotopic (exact) mass is 306 g/mol. The minimum absolute atomic E-state index is 0.138. The lowest BCUT2D eigenvalue weighted by Gasteiger charge is -2.08. The van der Waals surface area contributed by atoms with Crippen LogP contribution in [0, 0.1) is 5.82 Å². The van der Waals surface area contributed by atoms with Crippen LogP contribution in [0.25, 0.3) is 0 Å². The van der Waals surface area contributed by atoms with Crippen molar-refractivity contribution in [2.75, 3.05) is 18.4 Å². The van der Waals surface area contributed by atoms with E-state index in [0.717, 1.165) is 5.69 Å². The molecule has 0 fully saturated rings. The molecule has 0 spiro atoms. The smallest absolute Gasteiger partial charge is 0.239 e. The molecule has 2 aromatic rings. The summed E-state index contributed by atoms with van der Waals surface area (Å²) in [5.41, 5.74) is 1.42. The number of hydrogen-bond acceptors (Lipinski definition) is 2.